The molecule has 0 radical (unpaired) electrons. The molecule has 7 nitrogen and oxygen atoms in total. The second kappa shape index (κ2) is 8.81. The lowest BCUT2D eigenvalue weighted by Crippen LogP contribution is -2.47. The zero-order valence-electron chi connectivity index (χ0n) is 16.4. The molecule has 0 atom stereocenters. The number of halogens is 1. The van der Waals surface area contributed by atoms with Crippen LogP contribution in [-0.2, 0) is 6.42 Å². The van der Waals surface area contributed by atoms with Gasteiger partial charge in [0.05, 0.1) is 0 Å². The molecule has 0 amide bonds. The van der Waals surface area contributed by atoms with E-state index in [0.717, 1.165) is 43.6 Å². The summed E-state index contributed by atoms with van der Waals surface area (Å²) in [6.45, 7) is 5.88. The average Bonchev–Trinajstić information content (AvgIpc) is 2.75. The molecule has 0 saturated carbocycles. The highest BCUT2D eigenvalue weighted by Gasteiger charge is 2.20. The molecule has 1 N–H and O–H groups in total. The van der Waals surface area contributed by atoms with Gasteiger partial charge < -0.3 is 15.1 Å². The van der Waals surface area contributed by atoms with Crippen LogP contribution in [0.15, 0.2) is 48.8 Å². The van der Waals surface area contributed by atoms with Gasteiger partial charge in [-0.15, -0.1) is 0 Å². The van der Waals surface area contributed by atoms with Gasteiger partial charge in [0.1, 0.15) is 11.6 Å². The normalized spacial score (nSPS) is 14.1. The van der Waals surface area contributed by atoms with Gasteiger partial charge in [-0.2, -0.15) is 4.98 Å². The third-order valence-corrected chi connectivity index (χ3v) is 4.91. The molecule has 150 valence electrons. The first kappa shape index (κ1) is 19.0. The van der Waals surface area contributed by atoms with Crippen LogP contribution in [0.2, 0.25) is 0 Å². The number of aromatic nitrogens is 4. The summed E-state index contributed by atoms with van der Waals surface area (Å²) in [7, 11) is 0. The van der Waals surface area contributed by atoms with Crippen LogP contribution in [0.25, 0.3) is 0 Å². The molecule has 29 heavy (non-hydrogen) atoms. The zero-order valence-corrected chi connectivity index (χ0v) is 16.4. The van der Waals surface area contributed by atoms with E-state index in [-0.39, 0.29) is 5.82 Å². The van der Waals surface area contributed by atoms with Crippen molar-refractivity contribution in [3.05, 3.63) is 65.9 Å². The molecule has 8 heteroatoms. The molecular formula is C21H24FN7. The van der Waals surface area contributed by atoms with Crippen LogP contribution < -0.4 is 15.1 Å². The van der Waals surface area contributed by atoms with E-state index in [1.807, 2.05) is 25.1 Å². The summed E-state index contributed by atoms with van der Waals surface area (Å²) in [6, 6.07) is 10.7. The van der Waals surface area contributed by atoms with Gasteiger partial charge in [0.25, 0.3) is 0 Å². The number of nitrogens with one attached hydrogen (secondary N) is 1. The predicted octanol–water partition coefficient (Wildman–Crippen LogP) is 2.70. The fourth-order valence-electron chi connectivity index (χ4n) is 3.39. The Bertz CT molecular complexity index is 943. The monoisotopic (exact) mass is 393 g/mol. The van der Waals surface area contributed by atoms with Gasteiger partial charge >= 0.3 is 0 Å². The first-order chi connectivity index (χ1) is 14.2. The summed E-state index contributed by atoms with van der Waals surface area (Å²) in [6.07, 6.45) is 4.11. The smallest absolute Gasteiger partial charge is 0.225 e. The van der Waals surface area contributed by atoms with E-state index in [4.69, 9.17) is 0 Å². The summed E-state index contributed by atoms with van der Waals surface area (Å²) in [4.78, 5) is 22.2. The first-order valence-corrected chi connectivity index (χ1v) is 9.79. The molecular weight excluding hydrogens is 369 g/mol. The van der Waals surface area contributed by atoms with E-state index in [1.165, 1.54) is 6.07 Å². The number of hydrogen-bond donors (Lipinski definition) is 1. The maximum Gasteiger partial charge on any atom is 0.225 e. The van der Waals surface area contributed by atoms with Crippen molar-refractivity contribution in [2.24, 2.45) is 0 Å². The maximum atomic E-state index is 13.8. The number of nitrogens with zero attached hydrogens (tertiary/aromatic N) is 6. The van der Waals surface area contributed by atoms with Crippen LogP contribution in [0.5, 0.6) is 0 Å². The zero-order chi connectivity index (χ0) is 20.1. The lowest BCUT2D eigenvalue weighted by Gasteiger charge is -2.35. The molecule has 3 heterocycles. The minimum absolute atomic E-state index is 0.180. The van der Waals surface area contributed by atoms with E-state index >= 15 is 0 Å². The van der Waals surface area contributed by atoms with Gasteiger partial charge in [-0.3, -0.25) is 0 Å². The SMILES string of the molecule is Cc1cc(N2CCN(c3ncccn3)CC2)nc(NCCc2ccccc2F)n1. The molecule has 0 bridgehead atoms. The van der Waals surface area contributed by atoms with Gasteiger partial charge in [0.2, 0.25) is 11.9 Å². The summed E-state index contributed by atoms with van der Waals surface area (Å²) in [5.74, 6) is 2.06. The number of benzene rings is 1. The Kier molecular flexibility index (Phi) is 5.79. The van der Waals surface area contributed by atoms with E-state index in [2.05, 4.69) is 35.1 Å². The summed E-state index contributed by atoms with van der Waals surface area (Å²) < 4.78 is 13.8. The van der Waals surface area contributed by atoms with Crippen LogP contribution in [0.1, 0.15) is 11.3 Å². The summed E-state index contributed by atoms with van der Waals surface area (Å²) in [5.41, 5.74) is 1.59. The molecule has 4 rings (SSSR count). The van der Waals surface area contributed by atoms with Gasteiger partial charge in [-0.25, -0.2) is 19.3 Å². The molecule has 0 unspecified atom stereocenters. The Morgan fingerprint density at radius 1 is 0.966 bits per heavy atom. The second-order valence-corrected chi connectivity index (χ2v) is 6.98. The van der Waals surface area contributed by atoms with Crippen molar-refractivity contribution in [2.45, 2.75) is 13.3 Å². The van der Waals surface area contributed by atoms with Crippen molar-refractivity contribution < 1.29 is 4.39 Å². The van der Waals surface area contributed by atoms with Crippen LogP contribution in [0.4, 0.5) is 22.1 Å². The third kappa shape index (κ3) is 4.77. The fraction of sp³-hybridized carbons (Fsp3) is 0.333. The lowest BCUT2D eigenvalue weighted by molar-refractivity contribution is 0.610. The highest BCUT2D eigenvalue weighted by molar-refractivity contribution is 5.47. The highest BCUT2D eigenvalue weighted by atomic mass is 19.1. The Morgan fingerprint density at radius 3 is 2.45 bits per heavy atom. The molecule has 3 aromatic rings. The van der Waals surface area contributed by atoms with Crippen molar-refractivity contribution in [3.8, 4) is 0 Å². The van der Waals surface area contributed by atoms with Crippen LogP contribution in [0, 0.1) is 12.7 Å². The van der Waals surface area contributed by atoms with Crippen molar-refractivity contribution in [1.82, 2.24) is 19.9 Å². The largest absolute Gasteiger partial charge is 0.354 e. The van der Waals surface area contributed by atoms with Crippen molar-refractivity contribution in [1.29, 1.82) is 0 Å². The number of rotatable bonds is 6. The molecule has 1 fully saturated rings. The number of anilines is 3. The van der Waals surface area contributed by atoms with Gasteiger partial charge in [-0.1, -0.05) is 18.2 Å². The highest BCUT2D eigenvalue weighted by Crippen LogP contribution is 2.18. The topological polar surface area (TPSA) is 70.1 Å². The third-order valence-electron chi connectivity index (χ3n) is 4.91. The summed E-state index contributed by atoms with van der Waals surface area (Å²) in [5, 5.41) is 3.23. The Hall–Kier alpha value is -3.29. The van der Waals surface area contributed by atoms with Gasteiger partial charge in [0.15, 0.2) is 0 Å². The van der Waals surface area contributed by atoms with Crippen LogP contribution >= 0.6 is 0 Å². The Morgan fingerprint density at radius 2 is 1.69 bits per heavy atom. The molecule has 1 aromatic carbocycles. The molecule has 1 aliphatic heterocycles. The van der Waals surface area contributed by atoms with Gasteiger partial charge in [-0.05, 0) is 31.0 Å². The van der Waals surface area contributed by atoms with E-state index in [1.54, 1.807) is 24.5 Å². The fourth-order valence-corrected chi connectivity index (χ4v) is 3.39. The molecule has 2 aromatic heterocycles. The van der Waals surface area contributed by atoms with Crippen molar-refractivity contribution in [2.75, 3.05) is 47.8 Å². The minimum Gasteiger partial charge on any atom is -0.354 e. The predicted molar refractivity (Wildman–Crippen MR) is 112 cm³/mol. The minimum atomic E-state index is -0.180. The number of aryl methyl sites for hydroxylation is 1. The second-order valence-electron chi connectivity index (χ2n) is 6.98. The number of piperazine rings is 1. The quantitative estimate of drug-likeness (QED) is 0.690. The average molecular weight is 393 g/mol. The van der Waals surface area contributed by atoms with Crippen molar-refractivity contribution in [3.63, 3.8) is 0 Å². The molecule has 1 saturated heterocycles. The van der Waals surface area contributed by atoms with E-state index in [0.29, 0.717) is 24.5 Å². The molecule has 1 aliphatic rings. The standard InChI is InChI=1S/C21H24FN7/c1-16-15-19(28-11-13-29(14-12-28)21-24-8-4-9-25-21)27-20(26-16)23-10-7-17-5-2-3-6-18(17)22/h2-6,8-9,15H,7,10-14H2,1H3,(H,23,26,27). The van der Waals surface area contributed by atoms with Crippen LogP contribution in [-0.4, -0.2) is 52.7 Å². The van der Waals surface area contributed by atoms with Gasteiger partial charge in [0, 0.05) is 56.9 Å². The number of hydrogen-bond acceptors (Lipinski definition) is 7. The first-order valence-electron chi connectivity index (χ1n) is 9.79. The van der Waals surface area contributed by atoms with Crippen LogP contribution in [0.3, 0.4) is 0 Å². The molecule has 0 aliphatic carbocycles. The molecule has 0 spiro atoms. The Balaban J connectivity index is 1.36. The maximum absolute atomic E-state index is 13.8. The lowest BCUT2D eigenvalue weighted by atomic mass is 10.1. The summed E-state index contributed by atoms with van der Waals surface area (Å²) >= 11 is 0. The Labute approximate surface area is 169 Å². The van der Waals surface area contributed by atoms with E-state index < -0.39 is 0 Å². The van der Waals surface area contributed by atoms with E-state index in [9.17, 15) is 4.39 Å². The van der Waals surface area contributed by atoms with Crippen molar-refractivity contribution >= 4 is 17.7 Å².